The molecule has 1 aromatic rings. The van der Waals surface area contributed by atoms with Crippen LogP contribution in [-0.4, -0.2) is 5.11 Å². The molecule has 1 aromatic carbocycles. The van der Waals surface area contributed by atoms with Gasteiger partial charge in [0.1, 0.15) is 0 Å². The van der Waals surface area contributed by atoms with E-state index in [9.17, 15) is 5.11 Å². The zero-order valence-corrected chi connectivity index (χ0v) is 11.3. The maximum absolute atomic E-state index is 10.6. The molecule has 0 aliphatic heterocycles. The third kappa shape index (κ3) is 2.49. The van der Waals surface area contributed by atoms with Crippen molar-refractivity contribution in [3.05, 3.63) is 34.3 Å². The van der Waals surface area contributed by atoms with E-state index in [0.717, 1.165) is 41.6 Å². The number of benzene rings is 1. The van der Waals surface area contributed by atoms with E-state index in [1.165, 1.54) is 6.42 Å². The highest BCUT2D eigenvalue weighted by atomic mass is 79.9. The van der Waals surface area contributed by atoms with Gasteiger partial charge in [0.15, 0.2) is 0 Å². The van der Waals surface area contributed by atoms with Crippen LogP contribution < -0.4 is 0 Å². The Balaban J connectivity index is 2.11. The molecule has 16 heavy (non-hydrogen) atoms. The molecule has 0 saturated heterocycles. The predicted molar refractivity (Wildman–Crippen MR) is 70.3 cm³/mol. The fourth-order valence-corrected chi connectivity index (χ4v) is 2.88. The van der Waals surface area contributed by atoms with Gasteiger partial charge in [-0.15, -0.1) is 0 Å². The van der Waals surface area contributed by atoms with Gasteiger partial charge in [0.2, 0.25) is 0 Å². The lowest BCUT2D eigenvalue weighted by molar-refractivity contribution is -0.0145. The highest BCUT2D eigenvalue weighted by Crippen LogP contribution is 2.40. The van der Waals surface area contributed by atoms with Crippen LogP contribution in [0.2, 0.25) is 0 Å². The standard InChI is InChI=1S/C14H19BrO/c1-2-11-7-9-14(16,10-8-11)12-3-5-13(15)6-4-12/h3-6,11,16H,2,7-10H2,1H3. The first-order valence-corrected chi connectivity index (χ1v) is 6.92. The first-order chi connectivity index (χ1) is 7.64. The molecule has 0 spiro atoms. The lowest BCUT2D eigenvalue weighted by Crippen LogP contribution is -2.31. The van der Waals surface area contributed by atoms with E-state index in [4.69, 9.17) is 0 Å². The molecule has 0 aromatic heterocycles. The van der Waals surface area contributed by atoms with Crippen LogP contribution in [0.1, 0.15) is 44.6 Å². The predicted octanol–water partition coefficient (Wildman–Crippen LogP) is 4.24. The average molecular weight is 283 g/mol. The summed E-state index contributed by atoms with van der Waals surface area (Å²) in [6.07, 6.45) is 5.38. The fourth-order valence-electron chi connectivity index (χ4n) is 2.61. The second-order valence-corrected chi connectivity index (χ2v) is 5.81. The molecule has 1 aliphatic carbocycles. The zero-order chi connectivity index (χ0) is 11.6. The van der Waals surface area contributed by atoms with E-state index in [1.807, 2.05) is 24.3 Å². The first kappa shape index (κ1) is 12.1. The monoisotopic (exact) mass is 282 g/mol. The van der Waals surface area contributed by atoms with Crippen LogP contribution in [-0.2, 0) is 5.60 Å². The van der Waals surface area contributed by atoms with Crippen molar-refractivity contribution in [3.8, 4) is 0 Å². The summed E-state index contributed by atoms with van der Waals surface area (Å²) in [4.78, 5) is 0. The van der Waals surface area contributed by atoms with E-state index in [1.54, 1.807) is 0 Å². The average Bonchev–Trinajstić information content (AvgIpc) is 2.31. The molecule has 1 nitrogen and oxygen atoms in total. The number of aliphatic hydroxyl groups is 1. The molecule has 1 saturated carbocycles. The van der Waals surface area contributed by atoms with Crippen molar-refractivity contribution in [3.63, 3.8) is 0 Å². The van der Waals surface area contributed by atoms with Crippen molar-refractivity contribution in [1.82, 2.24) is 0 Å². The van der Waals surface area contributed by atoms with E-state index in [-0.39, 0.29) is 0 Å². The number of rotatable bonds is 2. The summed E-state index contributed by atoms with van der Waals surface area (Å²) >= 11 is 3.43. The Morgan fingerprint density at radius 3 is 2.31 bits per heavy atom. The maximum Gasteiger partial charge on any atom is 0.0896 e. The van der Waals surface area contributed by atoms with Crippen LogP contribution in [0.3, 0.4) is 0 Å². The van der Waals surface area contributed by atoms with E-state index >= 15 is 0 Å². The molecule has 1 fully saturated rings. The molecule has 0 atom stereocenters. The summed E-state index contributed by atoms with van der Waals surface area (Å²) in [6, 6.07) is 8.10. The van der Waals surface area contributed by atoms with E-state index in [0.29, 0.717) is 0 Å². The van der Waals surface area contributed by atoms with Crippen molar-refractivity contribution in [2.45, 2.75) is 44.6 Å². The van der Waals surface area contributed by atoms with Gasteiger partial charge in [-0.25, -0.2) is 0 Å². The Morgan fingerprint density at radius 1 is 1.25 bits per heavy atom. The van der Waals surface area contributed by atoms with Gasteiger partial charge >= 0.3 is 0 Å². The summed E-state index contributed by atoms with van der Waals surface area (Å²) in [5, 5.41) is 10.6. The van der Waals surface area contributed by atoms with E-state index in [2.05, 4.69) is 22.9 Å². The Morgan fingerprint density at radius 2 is 1.81 bits per heavy atom. The third-order valence-corrected chi connectivity index (χ3v) is 4.42. The smallest absolute Gasteiger partial charge is 0.0896 e. The molecule has 0 heterocycles. The molecule has 1 N–H and O–H groups in total. The van der Waals surface area contributed by atoms with Crippen molar-refractivity contribution >= 4 is 15.9 Å². The molecule has 1 aliphatic rings. The van der Waals surface area contributed by atoms with Crippen LogP contribution in [0.25, 0.3) is 0 Å². The largest absolute Gasteiger partial charge is 0.385 e. The highest BCUT2D eigenvalue weighted by molar-refractivity contribution is 9.10. The Bertz CT molecular complexity index is 336. The maximum atomic E-state index is 10.6. The fraction of sp³-hybridized carbons (Fsp3) is 0.571. The molecule has 0 radical (unpaired) electrons. The van der Waals surface area contributed by atoms with Crippen LogP contribution in [0.4, 0.5) is 0 Å². The minimum Gasteiger partial charge on any atom is -0.385 e. The molecule has 0 amide bonds. The molecule has 2 rings (SSSR count). The van der Waals surface area contributed by atoms with Gasteiger partial charge in [0.05, 0.1) is 5.60 Å². The van der Waals surface area contributed by atoms with Crippen LogP contribution >= 0.6 is 15.9 Å². The molecule has 0 bridgehead atoms. The van der Waals surface area contributed by atoms with Gasteiger partial charge in [-0.05, 0) is 49.3 Å². The Labute approximate surface area is 106 Å². The number of hydrogen-bond acceptors (Lipinski definition) is 1. The van der Waals surface area contributed by atoms with Gasteiger partial charge in [-0.3, -0.25) is 0 Å². The van der Waals surface area contributed by atoms with Gasteiger partial charge in [-0.1, -0.05) is 41.4 Å². The topological polar surface area (TPSA) is 20.2 Å². The summed E-state index contributed by atoms with van der Waals surface area (Å²) in [6.45, 7) is 2.24. The quantitative estimate of drug-likeness (QED) is 0.860. The van der Waals surface area contributed by atoms with Crippen molar-refractivity contribution in [2.24, 2.45) is 5.92 Å². The van der Waals surface area contributed by atoms with Crippen molar-refractivity contribution in [2.75, 3.05) is 0 Å². The third-order valence-electron chi connectivity index (χ3n) is 3.89. The summed E-state index contributed by atoms with van der Waals surface area (Å²) < 4.78 is 1.07. The Kier molecular flexibility index (Phi) is 3.70. The van der Waals surface area contributed by atoms with Crippen LogP contribution in [0.5, 0.6) is 0 Å². The normalized spacial score (nSPS) is 30.3. The van der Waals surface area contributed by atoms with E-state index < -0.39 is 5.60 Å². The van der Waals surface area contributed by atoms with Gasteiger partial charge in [0, 0.05) is 4.47 Å². The van der Waals surface area contributed by atoms with Crippen LogP contribution in [0.15, 0.2) is 28.7 Å². The van der Waals surface area contributed by atoms with Crippen molar-refractivity contribution < 1.29 is 5.11 Å². The number of halogens is 1. The zero-order valence-electron chi connectivity index (χ0n) is 9.75. The molecule has 0 unspecified atom stereocenters. The minimum absolute atomic E-state index is 0.577. The highest BCUT2D eigenvalue weighted by Gasteiger charge is 2.33. The SMILES string of the molecule is CCC1CCC(O)(c2ccc(Br)cc2)CC1. The van der Waals surface area contributed by atoms with Gasteiger partial charge in [-0.2, -0.15) is 0 Å². The second-order valence-electron chi connectivity index (χ2n) is 4.89. The van der Waals surface area contributed by atoms with Gasteiger partial charge < -0.3 is 5.11 Å². The first-order valence-electron chi connectivity index (χ1n) is 6.12. The molecular weight excluding hydrogens is 264 g/mol. The summed E-state index contributed by atoms with van der Waals surface area (Å²) in [5.74, 6) is 0.815. The molecule has 2 heteroatoms. The summed E-state index contributed by atoms with van der Waals surface area (Å²) in [5.41, 5.74) is 0.497. The second kappa shape index (κ2) is 4.89. The summed E-state index contributed by atoms with van der Waals surface area (Å²) in [7, 11) is 0. The minimum atomic E-state index is -0.577. The molecular formula is C14H19BrO. The lowest BCUT2D eigenvalue weighted by atomic mass is 9.74. The van der Waals surface area contributed by atoms with Gasteiger partial charge in [0.25, 0.3) is 0 Å². The Hall–Kier alpha value is -0.340. The number of hydrogen-bond donors (Lipinski definition) is 1. The molecule has 88 valence electrons. The van der Waals surface area contributed by atoms with Crippen molar-refractivity contribution in [1.29, 1.82) is 0 Å². The lowest BCUT2D eigenvalue weighted by Gasteiger charge is -2.36. The van der Waals surface area contributed by atoms with Crippen LogP contribution in [0, 0.1) is 5.92 Å².